The molecule has 5 heteroatoms. The molecule has 0 amide bonds. The monoisotopic (exact) mass is 266 g/mol. The molecule has 18 heavy (non-hydrogen) atoms. The summed E-state index contributed by atoms with van der Waals surface area (Å²) in [5.74, 6) is 2.09. The fourth-order valence-corrected chi connectivity index (χ4v) is 4.33. The smallest absolute Gasteiger partial charge is 0.209 e. The van der Waals surface area contributed by atoms with Gasteiger partial charge in [0.2, 0.25) is 5.16 Å². The first-order valence-electron chi connectivity index (χ1n) is 7.34. The van der Waals surface area contributed by atoms with Crippen molar-refractivity contribution in [1.29, 1.82) is 0 Å². The van der Waals surface area contributed by atoms with E-state index in [1.807, 2.05) is 11.8 Å². The van der Waals surface area contributed by atoms with Gasteiger partial charge in [-0.25, -0.2) is 4.68 Å². The molecule has 0 spiro atoms. The molecule has 4 nitrogen and oxygen atoms in total. The third kappa shape index (κ3) is 2.87. The van der Waals surface area contributed by atoms with Crippen molar-refractivity contribution in [2.24, 2.45) is 5.92 Å². The van der Waals surface area contributed by atoms with E-state index in [1.54, 1.807) is 0 Å². The molecule has 2 fully saturated rings. The van der Waals surface area contributed by atoms with Gasteiger partial charge in [0.05, 0.1) is 6.04 Å². The summed E-state index contributed by atoms with van der Waals surface area (Å²) in [5.41, 5.74) is 0. The normalized spacial score (nSPS) is 22.7. The van der Waals surface area contributed by atoms with Crippen molar-refractivity contribution in [2.75, 3.05) is 5.75 Å². The molecule has 3 rings (SSSR count). The zero-order valence-corrected chi connectivity index (χ0v) is 11.7. The van der Waals surface area contributed by atoms with Gasteiger partial charge in [0.25, 0.3) is 0 Å². The first-order chi connectivity index (χ1) is 8.93. The zero-order chi connectivity index (χ0) is 12.2. The van der Waals surface area contributed by atoms with Crippen LogP contribution in [0.3, 0.4) is 0 Å². The van der Waals surface area contributed by atoms with E-state index in [-0.39, 0.29) is 0 Å². The topological polar surface area (TPSA) is 43.6 Å². The van der Waals surface area contributed by atoms with Crippen LogP contribution < -0.4 is 0 Å². The second-order valence-electron chi connectivity index (χ2n) is 5.66. The number of hydrogen-bond donors (Lipinski definition) is 0. The summed E-state index contributed by atoms with van der Waals surface area (Å²) in [6, 6.07) is 0.564. The maximum atomic E-state index is 4.21. The van der Waals surface area contributed by atoms with Gasteiger partial charge < -0.3 is 0 Å². The fourth-order valence-electron chi connectivity index (χ4n) is 3.20. The maximum absolute atomic E-state index is 4.21. The Hall–Kier alpha value is -0.580. The predicted molar refractivity (Wildman–Crippen MR) is 72.6 cm³/mol. The number of nitrogens with zero attached hydrogens (tertiary/aromatic N) is 4. The zero-order valence-electron chi connectivity index (χ0n) is 10.9. The Morgan fingerprint density at radius 1 is 1.00 bits per heavy atom. The molecule has 2 saturated carbocycles. The van der Waals surface area contributed by atoms with Crippen LogP contribution in [0, 0.1) is 5.92 Å². The van der Waals surface area contributed by atoms with Gasteiger partial charge in [0.1, 0.15) is 0 Å². The van der Waals surface area contributed by atoms with E-state index < -0.39 is 0 Å². The minimum atomic E-state index is 0.564. The lowest BCUT2D eigenvalue weighted by Crippen LogP contribution is -2.11. The van der Waals surface area contributed by atoms with Gasteiger partial charge in [-0.05, 0) is 42.0 Å². The van der Waals surface area contributed by atoms with Gasteiger partial charge >= 0.3 is 0 Å². The number of rotatable bonds is 4. The Morgan fingerprint density at radius 2 is 1.72 bits per heavy atom. The Bertz CT molecular complexity index is 367. The largest absolute Gasteiger partial charge is 0.217 e. The van der Waals surface area contributed by atoms with Gasteiger partial charge in [-0.3, -0.25) is 0 Å². The third-order valence-electron chi connectivity index (χ3n) is 4.31. The highest BCUT2D eigenvalue weighted by Gasteiger charge is 2.22. The SMILES string of the molecule is C1CCC(CSc2nnnn2C2CCCC2)CC1. The second-order valence-corrected chi connectivity index (χ2v) is 6.65. The molecular weight excluding hydrogens is 244 g/mol. The van der Waals surface area contributed by atoms with E-state index in [4.69, 9.17) is 0 Å². The van der Waals surface area contributed by atoms with Crippen LogP contribution in [0.25, 0.3) is 0 Å². The van der Waals surface area contributed by atoms with Gasteiger partial charge in [-0.15, -0.1) is 5.10 Å². The van der Waals surface area contributed by atoms with Crippen molar-refractivity contribution < 1.29 is 0 Å². The first-order valence-corrected chi connectivity index (χ1v) is 8.33. The number of hydrogen-bond acceptors (Lipinski definition) is 4. The van der Waals surface area contributed by atoms with Crippen LogP contribution in [0.2, 0.25) is 0 Å². The summed E-state index contributed by atoms with van der Waals surface area (Å²) in [5, 5.41) is 13.3. The molecule has 0 atom stereocenters. The van der Waals surface area contributed by atoms with Crippen LogP contribution in [0.15, 0.2) is 5.16 Å². The molecule has 1 aromatic heterocycles. The molecular formula is C13H22N4S. The highest BCUT2D eigenvalue weighted by Crippen LogP contribution is 2.33. The predicted octanol–water partition coefficient (Wildman–Crippen LogP) is 3.46. The molecule has 0 N–H and O–H groups in total. The van der Waals surface area contributed by atoms with Crippen molar-refractivity contribution in [2.45, 2.75) is 69.0 Å². The van der Waals surface area contributed by atoms with Gasteiger partial charge in [0.15, 0.2) is 0 Å². The van der Waals surface area contributed by atoms with Crippen molar-refractivity contribution in [3.05, 3.63) is 0 Å². The molecule has 0 unspecified atom stereocenters. The molecule has 1 aromatic rings. The van der Waals surface area contributed by atoms with Crippen LogP contribution in [0.4, 0.5) is 0 Å². The summed E-state index contributed by atoms with van der Waals surface area (Å²) in [6.45, 7) is 0. The van der Waals surface area contributed by atoms with Gasteiger partial charge in [0, 0.05) is 5.75 Å². The third-order valence-corrected chi connectivity index (χ3v) is 5.47. The Labute approximate surface area is 113 Å². The Balaban J connectivity index is 1.56. The summed E-state index contributed by atoms with van der Waals surface area (Å²) in [6.07, 6.45) is 12.2. The number of thioether (sulfide) groups is 1. The van der Waals surface area contributed by atoms with E-state index >= 15 is 0 Å². The molecule has 0 aliphatic heterocycles. The minimum Gasteiger partial charge on any atom is -0.217 e. The van der Waals surface area contributed by atoms with E-state index in [0.29, 0.717) is 6.04 Å². The van der Waals surface area contributed by atoms with Crippen LogP contribution in [-0.4, -0.2) is 26.0 Å². The molecule has 2 aliphatic rings. The van der Waals surface area contributed by atoms with Crippen molar-refractivity contribution in [3.8, 4) is 0 Å². The molecule has 2 aliphatic carbocycles. The number of tetrazole rings is 1. The van der Waals surface area contributed by atoms with Crippen molar-refractivity contribution in [3.63, 3.8) is 0 Å². The van der Waals surface area contributed by atoms with E-state index in [1.165, 1.54) is 63.5 Å². The van der Waals surface area contributed by atoms with E-state index in [0.717, 1.165) is 11.1 Å². The average Bonchev–Trinajstić information content (AvgIpc) is 3.08. The summed E-state index contributed by atoms with van der Waals surface area (Å²) >= 11 is 1.87. The maximum Gasteiger partial charge on any atom is 0.209 e. The number of aromatic nitrogens is 4. The van der Waals surface area contributed by atoms with Crippen LogP contribution in [-0.2, 0) is 0 Å². The molecule has 1 heterocycles. The van der Waals surface area contributed by atoms with E-state index in [9.17, 15) is 0 Å². The van der Waals surface area contributed by atoms with Gasteiger partial charge in [-0.2, -0.15) is 0 Å². The first kappa shape index (κ1) is 12.5. The van der Waals surface area contributed by atoms with E-state index in [2.05, 4.69) is 20.2 Å². The quantitative estimate of drug-likeness (QED) is 0.783. The average molecular weight is 266 g/mol. The fraction of sp³-hybridized carbons (Fsp3) is 0.923. The summed E-state index contributed by atoms with van der Waals surface area (Å²) < 4.78 is 2.08. The Morgan fingerprint density at radius 3 is 2.50 bits per heavy atom. The molecule has 100 valence electrons. The summed E-state index contributed by atoms with van der Waals surface area (Å²) in [4.78, 5) is 0. The lowest BCUT2D eigenvalue weighted by molar-refractivity contribution is 0.389. The molecule has 0 saturated heterocycles. The minimum absolute atomic E-state index is 0.564. The van der Waals surface area contributed by atoms with Crippen molar-refractivity contribution >= 4 is 11.8 Å². The highest BCUT2D eigenvalue weighted by molar-refractivity contribution is 7.99. The second kappa shape index (κ2) is 6.04. The summed E-state index contributed by atoms with van der Waals surface area (Å²) in [7, 11) is 0. The molecule has 0 bridgehead atoms. The lowest BCUT2D eigenvalue weighted by Gasteiger charge is -2.20. The van der Waals surface area contributed by atoms with Gasteiger partial charge in [-0.1, -0.05) is 43.9 Å². The lowest BCUT2D eigenvalue weighted by atomic mass is 9.91. The Kier molecular flexibility index (Phi) is 4.18. The standard InChI is InChI=1S/C13H22N4S/c1-2-6-11(7-3-1)10-18-13-14-15-16-17(13)12-8-4-5-9-12/h11-12H,1-10H2. The molecule has 0 radical (unpaired) electrons. The highest BCUT2D eigenvalue weighted by atomic mass is 32.2. The molecule has 0 aromatic carbocycles. The van der Waals surface area contributed by atoms with Crippen molar-refractivity contribution in [1.82, 2.24) is 20.2 Å². The van der Waals surface area contributed by atoms with Crippen LogP contribution >= 0.6 is 11.8 Å². The van der Waals surface area contributed by atoms with Crippen LogP contribution in [0.5, 0.6) is 0 Å². The van der Waals surface area contributed by atoms with Crippen LogP contribution in [0.1, 0.15) is 63.8 Å².